The molecule has 1 rings (SSSR count). The zero-order valence-electron chi connectivity index (χ0n) is 4.67. The minimum atomic E-state index is -0.264. The highest BCUT2D eigenvalue weighted by atomic mass is 16.3. The molecule has 0 fully saturated rings. The molecule has 2 heteroatoms. The highest BCUT2D eigenvalue weighted by Gasteiger charge is 2.29. The van der Waals surface area contributed by atoms with Crippen molar-refractivity contribution in [3.8, 4) is 0 Å². The smallest absolute Gasteiger partial charge is 0.0547 e. The van der Waals surface area contributed by atoms with E-state index in [4.69, 9.17) is 10.2 Å². The summed E-state index contributed by atoms with van der Waals surface area (Å²) < 4.78 is 0. The summed E-state index contributed by atoms with van der Waals surface area (Å²) in [6, 6.07) is 0. The normalized spacial score (nSPS) is 22.8. The van der Waals surface area contributed by atoms with Crippen molar-refractivity contribution in [2.45, 2.75) is 6.42 Å². The number of hydrogen-bond donors (Lipinski definition) is 2. The average Bonchev–Trinajstić information content (AvgIpc) is 1.67. The van der Waals surface area contributed by atoms with E-state index in [1.807, 2.05) is 12.2 Å². The van der Waals surface area contributed by atoms with Crippen LogP contribution in [0.3, 0.4) is 0 Å². The van der Waals surface area contributed by atoms with E-state index in [2.05, 4.69) is 0 Å². The molecule has 2 nitrogen and oxygen atoms in total. The van der Waals surface area contributed by atoms with Gasteiger partial charge < -0.3 is 10.2 Å². The molecule has 0 radical (unpaired) electrons. The number of aliphatic hydroxyl groups excluding tert-OH is 2. The lowest BCUT2D eigenvalue weighted by atomic mass is 9.78. The first-order valence-corrected chi connectivity index (χ1v) is 2.72. The quantitative estimate of drug-likeness (QED) is 0.493. The second-order valence-electron chi connectivity index (χ2n) is 2.29. The van der Waals surface area contributed by atoms with Gasteiger partial charge in [-0.2, -0.15) is 0 Å². The van der Waals surface area contributed by atoms with E-state index in [1.54, 1.807) is 0 Å². The maximum absolute atomic E-state index is 8.63. The molecule has 0 saturated heterocycles. The molecule has 2 N–H and O–H groups in total. The van der Waals surface area contributed by atoms with Crippen molar-refractivity contribution >= 4 is 0 Å². The number of rotatable bonds is 2. The molecule has 0 unspecified atom stereocenters. The van der Waals surface area contributed by atoms with Crippen molar-refractivity contribution in [1.82, 2.24) is 0 Å². The first-order valence-electron chi connectivity index (χ1n) is 2.72. The summed E-state index contributed by atoms with van der Waals surface area (Å²) in [4.78, 5) is 0. The standard InChI is InChI=1S/C6H10O2/c7-4-6(5-8)2-1-3-6/h1-2,7-8H,3-5H2. The molecule has 1 aliphatic rings. The van der Waals surface area contributed by atoms with Crippen LogP contribution in [0.5, 0.6) is 0 Å². The van der Waals surface area contributed by atoms with Gasteiger partial charge in [0.15, 0.2) is 0 Å². The second kappa shape index (κ2) is 1.88. The molecule has 46 valence electrons. The molecular formula is C6H10O2. The molecule has 0 aliphatic heterocycles. The molecule has 0 bridgehead atoms. The monoisotopic (exact) mass is 114 g/mol. The Labute approximate surface area is 48.5 Å². The summed E-state index contributed by atoms with van der Waals surface area (Å²) in [6.07, 6.45) is 4.62. The van der Waals surface area contributed by atoms with Gasteiger partial charge in [-0.25, -0.2) is 0 Å². The third kappa shape index (κ3) is 0.659. The molecular weight excluding hydrogens is 104 g/mol. The summed E-state index contributed by atoms with van der Waals surface area (Å²) in [5.41, 5.74) is -0.264. The summed E-state index contributed by atoms with van der Waals surface area (Å²) in [7, 11) is 0. The van der Waals surface area contributed by atoms with E-state index in [0.717, 1.165) is 6.42 Å². The van der Waals surface area contributed by atoms with Crippen molar-refractivity contribution in [1.29, 1.82) is 0 Å². The summed E-state index contributed by atoms with van der Waals surface area (Å²) in [5.74, 6) is 0. The van der Waals surface area contributed by atoms with Gasteiger partial charge in [-0.15, -0.1) is 0 Å². The molecule has 0 spiro atoms. The Kier molecular flexibility index (Phi) is 1.36. The number of allylic oxidation sites excluding steroid dienone is 1. The second-order valence-corrected chi connectivity index (χ2v) is 2.29. The summed E-state index contributed by atoms with van der Waals surface area (Å²) in [6.45, 7) is 0.139. The minimum Gasteiger partial charge on any atom is -0.395 e. The van der Waals surface area contributed by atoms with Gasteiger partial charge in [0.25, 0.3) is 0 Å². The molecule has 0 saturated carbocycles. The SMILES string of the molecule is OCC1(CO)C=CC1. The topological polar surface area (TPSA) is 40.5 Å². The maximum Gasteiger partial charge on any atom is 0.0547 e. The van der Waals surface area contributed by atoms with Gasteiger partial charge in [0.1, 0.15) is 0 Å². The van der Waals surface area contributed by atoms with Gasteiger partial charge in [-0.1, -0.05) is 12.2 Å². The molecule has 0 aromatic heterocycles. The molecule has 0 atom stereocenters. The molecule has 1 aliphatic carbocycles. The fraction of sp³-hybridized carbons (Fsp3) is 0.667. The Morgan fingerprint density at radius 1 is 1.38 bits per heavy atom. The Hall–Kier alpha value is -0.340. The zero-order valence-corrected chi connectivity index (χ0v) is 4.67. The van der Waals surface area contributed by atoms with Crippen LogP contribution in [-0.2, 0) is 0 Å². The van der Waals surface area contributed by atoms with E-state index in [1.165, 1.54) is 0 Å². The predicted molar refractivity (Wildman–Crippen MR) is 30.4 cm³/mol. The van der Waals surface area contributed by atoms with E-state index >= 15 is 0 Å². The van der Waals surface area contributed by atoms with Crippen LogP contribution in [0.1, 0.15) is 6.42 Å². The maximum atomic E-state index is 8.63. The van der Waals surface area contributed by atoms with Crippen LogP contribution < -0.4 is 0 Å². The third-order valence-electron chi connectivity index (χ3n) is 1.63. The van der Waals surface area contributed by atoms with E-state index in [-0.39, 0.29) is 18.6 Å². The zero-order chi connectivity index (χ0) is 6.04. The van der Waals surface area contributed by atoms with E-state index in [0.29, 0.717) is 0 Å². The Morgan fingerprint density at radius 2 is 1.88 bits per heavy atom. The molecule has 0 aromatic rings. The van der Waals surface area contributed by atoms with Crippen LogP contribution in [0.25, 0.3) is 0 Å². The highest BCUT2D eigenvalue weighted by Crippen LogP contribution is 2.31. The third-order valence-corrected chi connectivity index (χ3v) is 1.63. The Morgan fingerprint density at radius 3 is 1.88 bits per heavy atom. The van der Waals surface area contributed by atoms with Gasteiger partial charge in [0, 0.05) is 5.41 Å². The first-order chi connectivity index (χ1) is 3.83. The lowest BCUT2D eigenvalue weighted by molar-refractivity contribution is 0.0832. The largest absolute Gasteiger partial charge is 0.395 e. The molecule has 0 aromatic carbocycles. The number of aliphatic hydroxyl groups is 2. The first kappa shape index (κ1) is 5.79. The Balaban J connectivity index is 2.48. The minimum absolute atomic E-state index is 0.0694. The van der Waals surface area contributed by atoms with E-state index in [9.17, 15) is 0 Å². The van der Waals surface area contributed by atoms with Crippen molar-refractivity contribution in [3.63, 3.8) is 0 Å². The van der Waals surface area contributed by atoms with Crippen LogP contribution >= 0.6 is 0 Å². The summed E-state index contributed by atoms with van der Waals surface area (Å²) >= 11 is 0. The van der Waals surface area contributed by atoms with Crippen LogP contribution in [-0.4, -0.2) is 23.4 Å². The van der Waals surface area contributed by atoms with Crippen molar-refractivity contribution in [3.05, 3.63) is 12.2 Å². The predicted octanol–water partition coefficient (Wildman–Crippen LogP) is -0.0827. The lowest BCUT2D eigenvalue weighted by Gasteiger charge is -2.30. The van der Waals surface area contributed by atoms with Crippen LogP contribution in [0.2, 0.25) is 0 Å². The van der Waals surface area contributed by atoms with Gasteiger partial charge in [0.05, 0.1) is 13.2 Å². The average molecular weight is 114 g/mol. The fourth-order valence-electron chi connectivity index (χ4n) is 0.736. The van der Waals surface area contributed by atoms with Gasteiger partial charge in [-0.05, 0) is 6.42 Å². The van der Waals surface area contributed by atoms with Crippen LogP contribution in [0, 0.1) is 5.41 Å². The highest BCUT2D eigenvalue weighted by molar-refractivity contribution is 5.12. The fourth-order valence-corrected chi connectivity index (χ4v) is 0.736. The van der Waals surface area contributed by atoms with E-state index < -0.39 is 0 Å². The van der Waals surface area contributed by atoms with Crippen molar-refractivity contribution in [2.75, 3.05) is 13.2 Å². The van der Waals surface area contributed by atoms with Gasteiger partial charge in [-0.3, -0.25) is 0 Å². The summed E-state index contributed by atoms with van der Waals surface area (Å²) in [5, 5.41) is 17.3. The van der Waals surface area contributed by atoms with Gasteiger partial charge >= 0.3 is 0 Å². The number of hydrogen-bond acceptors (Lipinski definition) is 2. The molecule has 0 heterocycles. The Bertz CT molecular complexity index is 103. The lowest BCUT2D eigenvalue weighted by Crippen LogP contribution is -2.31. The van der Waals surface area contributed by atoms with Crippen LogP contribution in [0.4, 0.5) is 0 Å². The van der Waals surface area contributed by atoms with Crippen molar-refractivity contribution in [2.24, 2.45) is 5.41 Å². The van der Waals surface area contributed by atoms with Gasteiger partial charge in [0.2, 0.25) is 0 Å². The van der Waals surface area contributed by atoms with Crippen molar-refractivity contribution < 1.29 is 10.2 Å². The molecule has 8 heavy (non-hydrogen) atoms. The van der Waals surface area contributed by atoms with Crippen LogP contribution in [0.15, 0.2) is 12.2 Å². The molecule has 0 amide bonds.